The van der Waals surface area contributed by atoms with E-state index in [1.165, 1.54) is 0 Å². The Balaban J connectivity index is 3.05. The fourth-order valence-corrected chi connectivity index (χ4v) is 0.649. The molecule has 0 aliphatic heterocycles. The van der Waals surface area contributed by atoms with E-state index in [0.29, 0.717) is 6.42 Å². The normalized spacial score (nSPS) is 10.5. The molecule has 0 saturated carbocycles. The van der Waals surface area contributed by atoms with Crippen molar-refractivity contribution in [3.8, 4) is 0 Å². The average Bonchev–Trinajstić information content (AvgIpc) is 1.87. The molecular formula is C8H13O2-. The molecular weight excluding hydrogens is 128 g/mol. The van der Waals surface area contributed by atoms with E-state index in [2.05, 4.69) is 6.92 Å². The van der Waals surface area contributed by atoms with Gasteiger partial charge in [-0.05, 0) is 25.7 Å². The van der Waals surface area contributed by atoms with Crippen LogP contribution in [0.3, 0.4) is 0 Å². The van der Waals surface area contributed by atoms with E-state index in [9.17, 15) is 9.90 Å². The molecule has 10 heavy (non-hydrogen) atoms. The first-order valence-electron chi connectivity index (χ1n) is 3.62. The third-order valence-corrected chi connectivity index (χ3v) is 1.15. The van der Waals surface area contributed by atoms with Gasteiger partial charge in [0.2, 0.25) is 0 Å². The molecule has 0 bridgehead atoms. The molecule has 0 radical (unpaired) electrons. The van der Waals surface area contributed by atoms with Crippen LogP contribution in [0.25, 0.3) is 0 Å². The van der Waals surface area contributed by atoms with Crippen molar-refractivity contribution >= 4 is 5.97 Å². The lowest BCUT2D eigenvalue weighted by Gasteiger charge is -1.96. The third-order valence-electron chi connectivity index (χ3n) is 1.15. The number of carbonyl (C=O) groups is 1. The molecule has 0 amide bonds. The highest BCUT2D eigenvalue weighted by molar-refractivity contribution is 5.64. The zero-order valence-electron chi connectivity index (χ0n) is 6.30. The molecule has 0 atom stereocenters. The maximum atomic E-state index is 9.90. The Bertz CT molecular complexity index is 116. The van der Waals surface area contributed by atoms with Crippen LogP contribution < -0.4 is 5.11 Å². The van der Waals surface area contributed by atoms with Crippen molar-refractivity contribution in [2.24, 2.45) is 0 Å². The molecule has 0 aliphatic carbocycles. The lowest BCUT2D eigenvalue weighted by atomic mass is 10.2. The number of carboxylic acids is 1. The third kappa shape index (κ3) is 7.21. The minimum atomic E-state index is -0.954. The van der Waals surface area contributed by atoms with Crippen LogP contribution in [0.15, 0.2) is 12.2 Å². The van der Waals surface area contributed by atoms with Gasteiger partial charge in [-0.2, -0.15) is 0 Å². The Labute approximate surface area is 61.6 Å². The summed E-state index contributed by atoms with van der Waals surface area (Å²) in [5.41, 5.74) is 0. The summed E-state index contributed by atoms with van der Waals surface area (Å²) in [5, 5.41) is 9.90. The molecule has 0 spiro atoms. The molecule has 0 heterocycles. The Hall–Kier alpha value is -0.790. The Morgan fingerprint density at radius 1 is 1.50 bits per heavy atom. The molecule has 2 nitrogen and oxygen atoms in total. The summed E-state index contributed by atoms with van der Waals surface area (Å²) in [6, 6.07) is 0. The lowest BCUT2D eigenvalue weighted by molar-refractivity contribution is -0.305. The first-order valence-corrected chi connectivity index (χ1v) is 3.62. The van der Waals surface area contributed by atoms with Gasteiger partial charge in [0, 0.05) is 5.97 Å². The highest BCUT2D eigenvalue weighted by atomic mass is 16.4. The number of rotatable bonds is 5. The highest BCUT2D eigenvalue weighted by Crippen LogP contribution is 1.95. The first-order chi connectivity index (χ1) is 4.77. The Morgan fingerprint density at radius 3 is 2.70 bits per heavy atom. The summed E-state index contributed by atoms with van der Waals surface area (Å²) in [5.74, 6) is -0.954. The lowest BCUT2D eigenvalue weighted by Crippen LogP contribution is -2.21. The molecule has 2 heteroatoms. The predicted octanol–water partition coefficient (Wildman–Crippen LogP) is 0.873. The van der Waals surface area contributed by atoms with Crippen molar-refractivity contribution < 1.29 is 9.90 Å². The number of carboxylic acid groups (broad SMARTS) is 1. The van der Waals surface area contributed by atoms with Gasteiger partial charge >= 0.3 is 0 Å². The fraction of sp³-hybridized carbons (Fsp3) is 0.625. The first kappa shape index (κ1) is 9.21. The van der Waals surface area contributed by atoms with Gasteiger partial charge in [0.15, 0.2) is 0 Å². The number of unbranched alkanes of at least 4 members (excludes halogenated alkanes) is 1. The van der Waals surface area contributed by atoms with Crippen molar-refractivity contribution in [3.63, 3.8) is 0 Å². The number of carbonyl (C=O) groups excluding carboxylic acids is 1. The van der Waals surface area contributed by atoms with Gasteiger partial charge in [0.1, 0.15) is 0 Å². The van der Waals surface area contributed by atoms with Crippen LogP contribution in [-0.2, 0) is 4.79 Å². The van der Waals surface area contributed by atoms with E-state index in [-0.39, 0.29) is 6.42 Å². The molecule has 0 rings (SSSR count). The summed E-state index contributed by atoms with van der Waals surface area (Å²) < 4.78 is 0. The molecule has 0 aromatic rings. The second-order valence-corrected chi connectivity index (χ2v) is 2.14. The zero-order valence-corrected chi connectivity index (χ0v) is 6.30. The quantitative estimate of drug-likeness (QED) is 0.421. The van der Waals surface area contributed by atoms with Gasteiger partial charge in [-0.25, -0.2) is 0 Å². The Kier molecular flexibility index (Phi) is 5.83. The molecule has 0 aromatic carbocycles. The number of aliphatic carboxylic acids is 1. The smallest absolute Gasteiger partial charge is 0.0414 e. The fourth-order valence-electron chi connectivity index (χ4n) is 0.649. The predicted molar refractivity (Wildman–Crippen MR) is 38.3 cm³/mol. The van der Waals surface area contributed by atoms with Gasteiger partial charge in [-0.1, -0.05) is 19.1 Å². The van der Waals surface area contributed by atoms with E-state index >= 15 is 0 Å². The average molecular weight is 141 g/mol. The van der Waals surface area contributed by atoms with Gasteiger partial charge in [0.25, 0.3) is 0 Å². The van der Waals surface area contributed by atoms with Crippen LogP contribution in [0.4, 0.5) is 0 Å². The summed E-state index contributed by atoms with van der Waals surface area (Å²) in [4.78, 5) is 9.90. The SMILES string of the molecule is CC/C=C/CCCC(=O)[O-]. The number of hydrogen-bond donors (Lipinski definition) is 0. The van der Waals surface area contributed by atoms with E-state index < -0.39 is 5.97 Å². The van der Waals surface area contributed by atoms with Crippen molar-refractivity contribution in [2.45, 2.75) is 32.6 Å². The van der Waals surface area contributed by atoms with Gasteiger partial charge in [-0.15, -0.1) is 0 Å². The van der Waals surface area contributed by atoms with Crippen LogP contribution in [0, 0.1) is 0 Å². The number of allylic oxidation sites excluding steroid dienone is 2. The van der Waals surface area contributed by atoms with Gasteiger partial charge in [-0.3, -0.25) is 0 Å². The van der Waals surface area contributed by atoms with Crippen LogP contribution in [0.5, 0.6) is 0 Å². The Morgan fingerprint density at radius 2 is 2.20 bits per heavy atom. The van der Waals surface area contributed by atoms with Gasteiger partial charge < -0.3 is 9.90 Å². The largest absolute Gasteiger partial charge is 0.550 e. The van der Waals surface area contributed by atoms with Crippen LogP contribution in [0.1, 0.15) is 32.6 Å². The van der Waals surface area contributed by atoms with Crippen LogP contribution in [-0.4, -0.2) is 5.97 Å². The molecule has 58 valence electrons. The standard InChI is InChI=1S/C8H14O2/c1-2-3-4-5-6-7-8(9)10/h3-4H,2,5-7H2,1H3,(H,9,10)/p-1/b4-3+. The maximum Gasteiger partial charge on any atom is 0.0414 e. The molecule has 0 saturated heterocycles. The molecule has 0 aromatic heterocycles. The summed E-state index contributed by atoms with van der Waals surface area (Å²) in [7, 11) is 0. The van der Waals surface area contributed by atoms with Crippen molar-refractivity contribution in [2.75, 3.05) is 0 Å². The van der Waals surface area contributed by atoms with E-state index in [4.69, 9.17) is 0 Å². The summed E-state index contributed by atoms with van der Waals surface area (Å²) >= 11 is 0. The molecule has 0 aliphatic rings. The topological polar surface area (TPSA) is 40.1 Å². The van der Waals surface area contributed by atoms with E-state index in [1.54, 1.807) is 0 Å². The second kappa shape index (κ2) is 6.33. The van der Waals surface area contributed by atoms with Crippen molar-refractivity contribution in [1.29, 1.82) is 0 Å². The minimum Gasteiger partial charge on any atom is -0.550 e. The van der Waals surface area contributed by atoms with Crippen molar-refractivity contribution in [3.05, 3.63) is 12.2 Å². The molecule has 0 unspecified atom stereocenters. The van der Waals surface area contributed by atoms with Crippen LogP contribution >= 0.6 is 0 Å². The highest BCUT2D eigenvalue weighted by Gasteiger charge is 1.83. The molecule has 0 fully saturated rings. The second-order valence-electron chi connectivity index (χ2n) is 2.14. The monoisotopic (exact) mass is 141 g/mol. The van der Waals surface area contributed by atoms with Crippen molar-refractivity contribution in [1.82, 2.24) is 0 Å². The molecule has 0 N–H and O–H groups in total. The summed E-state index contributed by atoms with van der Waals surface area (Å²) in [6.45, 7) is 2.05. The van der Waals surface area contributed by atoms with Crippen LogP contribution in [0.2, 0.25) is 0 Å². The zero-order chi connectivity index (χ0) is 7.82. The summed E-state index contributed by atoms with van der Waals surface area (Å²) in [6.07, 6.45) is 6.78. The minimum absolute atomic E-state index is 0.175. The van der Waals surface area contributed by atoms with E-state index in [1.807, 2.05) is 12.2 Å². The van der Waals surface area contributed by atoms with E-state index in [0.717, 1.165) is 12.8 Å². The number of hydrogen-bond acceptors (Lipinski definition) is 2. The van der Waals surface area contributed by atoms with Gasteiger partial charge in [0.05, 0.1) is 0 Å². The maximum absolute atomic E-state index is 9.90.